The molecule has 0 radical (unpaired) electrons. The lowest BCUT2D eigenvalue weighted by molar-refractivity contribution is -0.0373. The summed E-state index contributed by atoms with van der Waals surface area (Å²) in [5.41, 5.74) is 4.53. The van der Waals surface area contributed by atoms with E-state index in [2.05, 4.69) is 13.8 Å². The number of unbranched alkanes of at least 4 members (excludes halogenated alkanes) is 1. The summed E-state index contributed by atoms with van der Waals surface area (Å²) in [4.78, 5) is 0. The molecule has 0 heterocycles. The Morgan fingerprint density at radius 1 is 1.40 bits per heavy atom. The largest absolute Gasteiger partial charge is 0.386 e. The first-order valence-electron chi connectivity index (χ1n) is 6.06. The smallest absolute Gasteiger partial charge is 0.0973 e. The molecule has 0 amide bonds. The molecule has 0 aromatic rings. The van der Waals surface area contributed by atoms with Gasteiger partial charge in [0.15, 0.2) is 0 Å². The number of hydrogen-bond donors (Lipinski definition) is 2. The van der Waals surface area contributed by atoms with Crippen molar-refractivity contribution in [1.82, 2.24) is 0 Å². The third-order valence-electron chi connectivity index (χ3n) is 2.75. The Labute approximate surface area is 94.0 Å². The normalized spacial score (nSPS) is 17.4. The van der Waals surface area contributed by atoms with Gasteiger partial charge < -0.3 is 15.6 Å². The van der Waals surface area contributed by atoms with Crippen molar-refractivity contribution in [3.63, 3.8) is 0 Å². The van der Waals surface area contributed by atoms with E-state index in [0.717, 1.165) is 13.0 Å². The van der Waals surface area contributed by atoms with E-state index in [9.17, 15) is 5.11 Å². The van der Waals surface area contributed by atoms with Gasteiger partial charge in [0.05, 0.1) is 12.2 Å². The summed E-state index contributed by atoms with van der Waals surface area (Å²) in [5, 5.41) is 9.63. The summed E-state index contributed by atoms with van der Waals surface area (Å²) in [6, 6.07) is 0. The third-order valence-corrected chi connectivity index (χ3v) is 2.75. The van der Waals surface area contributed by atoms with Crippen LogP contribution in [0.2, 0.25) is 0 Å². The maximum atomic E-state index is 9.63. The summed E-state index contributed by atoms with van der Waals surface area (Å²) >= 11 is 0. The highest BCUT2D eigenvalue weighted by atomic mass is 16.5. The van der Waals surface area contributed by atoms with Crippen molar-refractivity contribution < 1.29 is 9.84 Å². The Bertz CT molecular complexity index is 149. The minimum absolute atomic E-state index is 0.249. The van der Waals surface area contributed by atoms with Crippen LogP contribution in [0, 0.1) is 5.92 Å². The van der Waals surface area contributed by atoms with Crippen LogP contribution in [0.25, 0.3) is 0 Å². The van der Waals surface area contributed by atoms with Crippen LogP contribution in [-0.2, 0) is 4.74 Å². The molecule has 92 valence electrons. The Kier molecular flexibility index (Phi) is 8.02. The zero-order valence-electron chi connectivity index (χ0n) is 10.5. The van der Waals surface area contributed by atoms with Gasteiger partial charge in [0.2, 0.25) is 0 Å². The van der Waals surface area contributed by atoms with Gasteiger partial charge in [-0.3, -0.25) is 0 Å². The van der Waals surface area contributed by atoms with E-state index in [1.165, 1.54) is 19.3 Å². The second kappa shape index (κ2) is 8.08. The summed E-state index contributed by atoms with van der Waals surface area (Å²) in [6.45, 7) is 7.43. The molecule has 3 nitrogen and oxygen atoms in total. The lowest BCUT2D eigenvalue weighted by atomic mass is 10.0. The predicted molar refractivity (Wildman–Crippen MR) is 63.8 cm³/mol. The van der Waals surface area contributed by atoms with Crippen LogP contribution < -0.4 is 5.73 Å². The molecule has 2 atom stereocenters. The zero-order valence-corrected chi connectivity index (χ0v) is 10.5. The van der Waals surface area contributed by atoms with Crippen molar-refractivity contribution in [2.75, 3.05) is 19.8 Å². The third kappa shape index (κ3) is 7.77. The van der Waals surface area contributed by atoms with E-state index in [4.69, 9.17) is 10.5 Å². The van der Waals surface area contributed by atoms with Gasteiger partial charge in [0.1, 0.15) is 0 Å². The Hall–Kier alpha value is -0.120. The molecule has 0 rings (SSSR count). The number of nitrogens with two attached hydrogens (primary N) is 1. The summed E-state index contributed by atoms with van der Waals surface area (Å²) in [6.07, 6.45) is 4.86. The van der Waals surface area contributed by atoms with E-state index in [0.29, 0.717) is 12.5 Å². The molecule has 0 aromatic carbocycles. The highest BCUT2D eigenvalue weighted by Gasteiger charge is 2.18. The van der Waals surface area contributed by atoms with Crippen LogP contribution in [-0.4, -0.2) is 30.5 Å². The fourth-order valence-corrected chi connectivity index (χ4v) is 1.40. The van der Waals surface area contributed by atoms with Crippen molar-refractivity contribution in [2.45, 2.75) is 52.1 Å². The molecular weight excluding hydrogens is 190 g/mol. The van der Waals surface area contributed by atoms with E-state index in [1.807, 2.05) is 0 Å². The SMILES string of the molecule is CCCCC(CC)COCC(C)(O)CN. The molecule has 3 N–H and O–H groups in total. The molecule has 0 saturated carbocycles. The fraction of sp³-hybridized carbons (Fsp3) is 1.00. The van der Waals surface area contributed by atoms with Crippen molar-refractivity contribution in [2.24, 2.45) is 11.7 Å². The molecule has 3 heteroatoms. The number of hydrogen-bond acceptors (Lipinski definition) is 3. The first kappa shape index (κ1) is 14.9. The van der Waals surface area contributed by atoms with Gasteiger partial charge in [-0.05, 0) is 19.3 Å². The topological polar surface area (TPSA) is 55.5 Å². The summed E-state index contributed by atoms with van der Waals surface area (Å²) < 4.78 is 5.51. The highest BCUT2D eigenvalue weighted by molar-refractivity contribution is 4.72. The van der Waals surface area contributed by atoms with E-state index in [1.54, 1.807) is 6.92 Å². The van der Waals surface area contributed by atoms with Gasteiger partial charge in [0.25, 0.3) is 0 Å². The number of aliphatic hydroxyl groups is 1. The average Bonchev–Trinajstić information content (AvgIpc) is 2.23. The number of rotatable bonds is 9. The molecule has 15 heavy (non-hydrogen) atoms. The van der Waals surface area contributed by atoms with Gasteiger partial charge in [0, 0.05) is 13.2 Å². The first-order chi connectivity index (χ1) is 7.05. The molecule has 0 aliphatic heterocycles. The fourth-order valence-electron chi connectivity index (χ4n) is 1.40. The molecule has 0 aliphatic rings. The van der Waals surface area contributed by atoms with Crippen LogP contribution in [0.3, 0.4) is 0 Å². The maximum Gasteiger partial charge on any atom is 0.0973 e. The monoisotopic (exact) mass is 217 g/mol. The Morgan fingerprint density at radius 3 is 2.53 bits per heavy atom. The molecule has 0 spiro atoms. The van der Waals surface area contributed by atoms with Gasteiger partial charge in [-0.15, -0.1) is 0 Å². The van der Waals surface area contributed by atoms with Crippen molar-refractivity contribution in [1.29, 1.82) is 0 Å². The quantitative estimate of drug-likeness (QED) is 0.620. The lowest BCUT2D eigenvalue weighted by Gasteiger charge is -2.22. The van der Waals surface area contributed by atoms with E-state index in [-0.39, 0.29) is 6.54 Å². The van der Waals surface area contributed by atoms with E-state index < -0.39 is 5.60 Å². The molecular formula is C12H27NO2. The lowest BCUT2D eigenvalue weighted by Crippen LogP contribution is -2.39. The zero-order chi connectivity index (χ0) is 11.7. The second-order valence-electron chi connectivity index (χ2n) is 4.63. The molecule has 0 fully saturated rings. The van der Waals surface area contributed by atoms with Crippen LogP contribution >= 0.6 is 0 Å². The molecule has 2 unspecified atom stereocenters. The van der Waals surface area contributed by atoms with Gasteiger partial charge in [-0.2, -0.15) is 0 Å². The highest BCUT2D eigenvalue weighted by Crippen LogP contribution is 2.13. The van der Waals surface area contributed by atoms with Crippen molar-refractivity contribution in [3.8, 4) is 0 Å². The molecule has 0 aliphatic carbocycles. The van der Waals surface area contributed by atoms with Crippen LogP contribution in [0.1, 0.15) is 46.5 Å². The van der Waals surface area contributed by atoms with Crippen LogP contribution in [0.15, 0.2) is 0 Å². The minimum Gasteiger partial charge on any atom is -0.386 e. The Morgan fingerprint density at radius 2 is 2.07 bits per heavy atom. The maximum absolute atomic E-state index is 9.63. The molecule has 0 aromatic heterocycles. The Balaban J connectivity index is 3.62. The van der Waals surface area contributed by atoms with Crippen LogP contribution in [0.5, 0.6) is 0 Å². The predicted octanol–water partition coefficient (Wildman–Crippen LogP) is 1.93. The van der Waals surface area contributed by atoms with Gasteiger partial charge >= 0.3 is 0 Å². The first-order valence-corrected chi connectivity index (χ1v) is 6.06. The van der Waals surface area contributed by atoms with Crippen molar-refractivity contribution in [3.05, 3.63) is 0 Å². The second-order valence-corrected chi connectivity index (χ2v) is 4.63. The van der Waals surface area contributed by atoms with Crippen molar-refractivity contribution >= 4 is 0 Å². The molecule has 0 saturated heterocycles. The average molecular weight is 217 g/mol. The van der Waals surface area contributed by atoms with Gasteiger partial charge in [-0.25, -0.2) is 0 Å². The van der Waals surface area contributed by atoms with Gasteiger partial charge in [-0.1, -0.05) is 33.1 Å². The standard InChI is InChI=1S/C12H27NO2/c1-4-6-7-11(5-2)8-15-10-12(3,14)9-13/h11,14H,4-10,13H2,1-3H3. The summed E-state index contributed by atoms with van der Waals surface area (Å²) in [5.74, 6) is 0.624. The number of ether oxygens (including phenoxy) is 1. The molecule has 0 bridgehead atoms. The summed E-state index contributed by atoms with van der Waals surface area (Å²) in [7, 11) is 0. The van der Waals surface area contributed by atoms with E-state index >= 15 is 0 Å². The minimum atomic E-state index is -0.872. The van der Waals surface area contributed by atoms with Crippen LogP contribution in [0.4, 0.5) is 0 Å².